The fraction of sp³-hybridized carbons (Fsp3) is 0.600. The van der Waals surface area contributed by atoms with E-state index in [4.69, 9.17) is 10.5 Å². The van der Waals surface area contributed by atoms with Gasteiger partial charge < -0.3 is 15.8 Å². The Labute approximate surface area is 89.0 Å². The first kappa shape index (κ1) is 10.2. The predicted molar refractivity (Wildman–Crippen MR) is 58.5 cm³/mol. The number of aromatic nitrogens is 2. The fourth-order valence-electron chi connectivity index (χ4n) is 1.65. The van der Waals surface area contributed by atoms with Crippen molar-refractivity contribution in [1.82, 2.24) is 10.2 Å². The Morgan fingerprint density at radius 1 is 1.47 bits per heavy atom. The Hall–Kier alpha value is -1.36. The monoisotopic (exact) mass is 208 g/mol. The molecule has 0 amide bonds. The lowest BCUT2D eigenvalue weighted by Crippen LogP contribution is -2.24. The van der Waals surface area contributed by atoms with Crippen LogP contribution in [-0.2, 0) is 4.74 Å². The summed E-state index contributed by atoms with van der Waals surface area (Å²) in [6.45, 7) is 2.63. The minimum atomic E-state index is 0.446. The summed E-state index contributed by atoms with van der Waals surface area (Å²) in [4.78, 5) is 0. The normalized spacial score (nSPS) is 21.2. The van der Waals surface area contributed by atoms with Crippen molar-refractivity contribution in [1.29, 1.82) is 0 Å². The zero-order valence-electron chi connectivity index (χ0n) is 8.65. The van der Waals surface area contributed by atoms with E-state index in [-0.39, 0.29) is 0 Å². The Morgan fingerprint density at radius 3 is 3.07 bits per heavy atom. The largest absolute Gasteiger partial charge is 0.382 e. The van der Waals surface area contributed by atoms with Crippen LogP contribution in [0.4, 0.5) is 11.6 Å². The molecule has 1 fully saturated rings. The Balaban J connectivity index is 1.79. The molecular formula is C10H16N4O. The van der Waals surface area contributed by atoms with Gasteiger partial charge in [0.15, 0.2) is 0 Å². The van der Waals surface area contributed by atoms with Gasteiger partial charge in [-0.1, -0.05) is 0 Å². The second-order valence-electron chi connectivity index (χ2n) is 3.81. The molecule has 0 radical (unpaired) electrons. The van der Waals surface area contributed by atoms with E-state index in [0.29, 0.717) is 11.7 Å². The van der Waals surface area contributed by atoms with Gasteiger partial charge in [-0.15, -0.1) is 10.2 Å². The number of hydrogen-bond acceptors (Lipinski definition) is 5. The van der Waals surface area contributed by atoms with Crippen LogP contribution in [0, 0.1) is 5.92 Å². The highest BCUT2D eigenvalue weighted by Gasteiger charge is 2.13. The molecule has 3 N–H and O–H groups in total. The molecule has 5 nitrogen and oxygen atoms in total. The van der Waals surface area contributed by atoms with Crippen LogP contribution in [0.15, 0.2) is 12.1 Å². The van der Waals surface area contributed by atoms with E-state index >= 15 is 0 Å². The smallest absolute Gasteiger partial charge is 0.148 e. The average Bonchev–Trinajstić information content (AvgIpc) is 2.30. The van der Waals surface area contributed by atoms with Gasteiger partial charge in [0.2, 0.25) is 0 Å². The maximum atomic E-state index is 5.44. The maximum absolute atomic E-state index is 5.44. The number of nitrogens with two attached hydrogens (primary N) is 1. The Kier molecular flexibility index (Phi) is 3.34. The molecule has 0 bridgehead atoms. The van der Waals surface area contributed by atoms with Gasteiger partial charge >= 0.3 is 0 Å². The summed E-state index contributed by atoms with van der Waals surface area (Å²) in [6, 6.07) is 3.58. The van der Waals surface area contributed by atoms with Crippen molar-refractivity contribution in [3.05, 3.63) is 12.1 Å². The Bertz CT molecular complexity index is 295. The molecular weight excluding hydrogens is 192 g/mol. The third kappa shape index (κ3) is 3.06. The SMILES string of the molecule is Nc1ccc(NCC2CCCOC2)nn1. The van der Waals surface area contributed by atoms with E-state index in [0.717, 1.165) is 32.0 Å². The van der Waals surface area contributed by atoms with E-state index in [1.807, 2.05) is 6.07 Å². The highest BCUT2D eigenvalue weighted by Crippen LogP contribution is 2.14. The van der Waals surface area contributed by atoms with Crippen LogP contribution in [0.3, 0.4) is 0 Å². The fourth-order valence-corrected chi connectivity index (χ4v) is 1.65. The molecule has 82 valence electrons. The van der Waals surface area contributed by atoms with E-state index in [9.17, 15) is 0 Å². The molecule has 0 aliphatic carbocycles. The van der Waals surface area contributed by atoms with E-state index in [1.54, 1.807) is 6.07 Å². The van der Waals surface area contributed by atoms with Crippen molar-refractivity contribution in [3.8, 4) is 0 Å². The predicted octanol–water partition coefficient (Wildman–Crippen LogP) is 0.897. The summed E-state index contributed by atoms with van der Waals surface area (Å²) < 4.78 is 5.39. The first-order chi connectivity index (χ1) is 7.34. The molecule has 1 aliphatic rings. The van der Waals surface area contributed by atoms with Gasteiger partial charge in [0.05, 0.1) is 6.61 Å². The molecule has 2 heterocycles. The summed E-state index contributed by atoms with van der Waals surface area (Å²) >= 11 is 0. The van der Waals surface area contributed by atoms with Crippen LogP contribution >= 0.6 is 0 Å². The van der Waals surface area contributed by atoms with Gasteiger partial charge in [-0.2, -0.15) is 0 Å². The first-order valence-corrected chi connectivity index (χ1v) is 5.25. The lowest BCUT2D eigenvalue weighted by atomic mass is 10.0. The Morgan fingerprint density at radius 2 is 2.40 bits per heavy atom. The minimum absolute atomic E-state index is 0.446. The average molecular weight is 208 g/mol. The summed E-state index contributed by atoms with van der Waals surface area (Å²) in [5.74, 6) is 1.80. The molecule has 5 heteroatoms. The lowest BCUT2D eigenvalue weighted by Gasteiger charge is -2.22. The maximum Gasteiger partial charge on any atom is 0.148 e. The molecule has 1 aliphatic heterocycles. The topological polar surface area (TPSA) is 73.1 Å². The molecule has 15 heavy (non-hydrogen) atoms. The van der Waals surface area contributed by atoms with Crippen molar-refractivity contribution in [2.45, 2.75) is 12.8 Å². The van der Waals surface area contributed by atoms with Crippen LogP contribution in [0.2, 0.25) is 0 Å². The van der Waals surface area contributed by atoms with Crippen LogP contribution in [0.25, 0.3) is 0 Å². The lowest BCUT2D eigenvalue weighted by molar-refractivity contribution is 0.0595. The zero-order valence-corrected chi connectivity index (χ0v) is 8.65. The van der Waals surface area contributed by atoms with Crippen molar-refractivity contribution in [2.75, 3.05) is 30.8 Å². The van der Waals surface area contributed by atoms with Gasteiger partial charge in [-0.25, -0.2) is 0 Å². The van der Waals surface area contributed by atoms with Crippen LogP contribution in [0.1, 0.15) is 12.8 Å². The van der Waals surface area contributed by atoms with Crippen molar-refractivity contribution < 1.29 is 4.74 Å². The molecule has 0 aromatic carbocycles. The van der Waals surface area contributed by atoms with Gasteiger partial charge in [-0.05, 0) is 30.9 Å². The number of anilines is 2. The molecule has 1 saturated heterocycles. The third-order valence-electron chi connectivity index (χ3n) is 2.51. The quantitative estimate of drug-likeness (QED) is 0.772. The summed E-state index contributed by atoms with van der Waals surface area (Å²) in [5, 5.41) is 10.9. The van der Waals surface area contributed by atoms with E-state index in [1.165, 1.54) is 6.42 Å². The van der Waals surface area contributed by atoms with Crippen LogP contribution < -0.4 is 11.1 Å². The standard InChI is InChI=1S/C10H16N4O/c11-9-3-4-10(14-13-9)12-6-8-2-1-5-15-7-8/h3-4,8H,1-2,5-7H2,(H2,11,13)(H,12,14). The molecule has 1 aromatic rings. The molecule has 0 saturated carbocycles. The summed E-state index contributed by atoms with van der Waals surface area (Å²) in [7, 11) is 0. The number of nitrogens with one attached hydrogen (secondary N) is 1. The van der Waals surface area contributed by atoms with Crippen LogP contribution in [0.5, 0.6) is 0 Å². The molecule has 1 aromatic heterocycles. The van der Waals surface area contributed by atoms with Crippen molar-refractivity contribution in [3.63, 3.8) is 0 Å². The van der Waals surface area contributed by atoms with Crippen molar-refractivity contribution >= 4 is 11.6 Å². The summed E-state index contributed by atoms with van der Waals surface area (Å²) in [6.07, 6.45) is 2.37. The number of nitrogen functional groups attached to an aromatic ring is 1. The highest BCUT2D eigenvalue weighted by molar-refractivity contribution is 5.38. The van der Waals surface area contributed by atoms with E-state index < -0.39 is 0 Å². The minimum Gasteiger partial charge on any atom is -0.382 e. The second-order valence-corrected chi connectivity index (χ2v) is 3.81. The third-order valence-corrected chi connectivity index (χ3v) is 2.51. The van der Waals surface area contributed by atoms with Crippen molar-refractivity contribution in [2.24, 2.45) is 5.92 Å². The van der Waals surface area contributed by atoms with Gasteiger partial charge in [0.25, 0.3) is 0 Å². The first-order valence-electron chi connectivity index (χ1n) is 5.25. The van der Waals surface area contributed by atoms with Gasteiger partial charge in [-0.3, -0.25) is 0 Å². The van der Waals surface area contributed by atoms with Gasteiger partial charge in [0, 0.05) is 13.2 Å². The summed E-state index contributed by atoms with van der Waals surface area (Å²) in [5.41, 5.74) is 5.44. The van der Waals surface area contributed by atoms with E-state index in [2.05, 4.69) is 15.5 Å². The number of nitrogens with zero attached hydrogens (tertiary/aromatic N) is 2. The molecule has 1 atom stereocenters. The number of rotatable bonds is 3. The zero-order chi connectivity index (χ0) is 10.5. The second kappa shape index (κ2) is 4.93. The number of ether oxygens (including phenoxy) is 1. The number of hydrogen-bond donors (Lipinski definition) is 2. The molecule has 2 rings (SSSR count). The highest BCUT2D eigenvalue weighted by atomic mass is 16.5. The van der Waals surface area contributed by atoms with Gasteiger partial charge in [0.1, 0.15) is 11.6 Å². The van der Waals surface area contributed by atoms with Crippen LogP contribution in [-0.4, -0.2) is 30.0 Å². The molecule has 1 unspecified atom stereocenters. The molecule has 0 spiro atoms.